The van der Waals surface area contributed by atoms with E-state index in [4.69, 9.17) is 0 Å². The second kappa shape index (κ2) is 6.24. The number of thioether (sulfide) groups is 1. The second-order valence-electron chi connectivity index (χ2n) is 4.32. The van der Waals surface area contributed by atoms with Gasteiger partial charge >= 0.3 is 0 Å². The van der Waals surface area contributed by atoms with Gasteiger partial charge in [0.05, 0.1) is 10.2 Å². The van der Waals surface area contributed by atoms with Gasteiger partial charge in [0.15, 0.2) is 4.34 Å². The van der Waals surface area contributed by atoms with Crippen LogP contribution in [-0.2, 0) is 5.75 Å². The van der Waals surface area contributed by atoms with Crippen molar-refractivity contribution in [3.05, 3.63) is 48.2 Å². The van der Waals surface area contributed by atoms with Crippen molar-refractivity contribution in [3.63, 3.8) is 0 Å². The van der Waals surface area contributed by atoms with Crippen LogP contribution in [-0.4, -0.2) is 16.5 Å². The van der Waals surface area contributed by atoms with E-state index in [2.05, 4.69) is 46.5 Å². The molecule has 0 radical (unpaired) electrons. The Kier molecular flexibility index (Phi) is 4.18. The number of nitrogens with one attached hydrogen (secondary N) is 1. The van der Waals surface area contributed by atoms with Crippen LogP contribution in [0.1, 0.15) is 12.5 Å². The molecule has 102 valence electrons. The molecule has 0 atom stereocenters. The molecular formula is C15H15N3S2. The first kappa shape index (κ1) is 13.4. The number of fused-ring (bicyclic) bond motifs is 1. The average Bonchev–Trinajstić information content (AvgIpc) is 2.90. The van der Waals surface area contributed by atoms with Gasteiger partial charge in [-0.1, -0.05) is 30.0 Å². The highest BCUT2D eigenvalue weighted by Gasteiger charge is 2.04. The van der Waals surface area contributed by atoms with Crippen LogP contribution in [0.2, 0.25) is 0 Å². The van der Waals surface area contributed by atoms with Gasteiger partial charge in [0, 0.05) is 18.5 Å². The van der Waals surface area contributed by atoms with E-state index in [0.29, 0.717) is 0 Å². The summed E-state index contributed by atoms with van der Waals surface area (Å²) in [6, 6.07) is 12.4. The van der Waals surface area contributed by atoms with Crippen LogP contribution < -0.4 is 5.32 Å². The lowest BCUT2D eigenvalue weighted by Crippen LogP contribution is -1.98. The molecule has 0 saturated heterocycles. The summed E-state index contributed by atoms with van der Waals surface area (Å²) in [7, 11) is 0. The maximum atomic E-state index is 4.62. The van der Waals surface area contributed by atoms with Gasteiger partial charge in [0.1, 0.15) is 5.82 Å². The first-order chi connectivity index (χ1) is 9.85. The molecule has 0 aliphatic carbocycles. The number of pyridine rings is 1. The minimum absolute atomic E-state index is 0.896. The molecule has 2 heterocycles. The number of para-hydroxylation sites is 1. The minimum Gasteiger partial charge on any atom is -0.370 e. The van der Waals surface area contributed by atoms with E-state index < -0.39 is 0 Å². The quantitative estimate of drug-likeness (QED) is 0.708. The second-order valence-corrected chi connectivity index (χ2v) is 6.57. The Morgan fingerprint density at radius 3 is 2.85 bits per heavy atom. The van der Waals surface area contributed by atoms with Gasteiger partial charge in [0.25, 0.3) is 0 Å². The van der Waals surface area contributed by atoms with E-state index in [0.717, 1.165) is 28.0 Å². The molecule has 3 nitrogen and oxygen atoms in total. The molecular weight excluding hydrogens is 286 g/mol. The van der Waals surface area contributed by atoms with Crippen molar-refractivity contribution in [3.8, 4) is 0 Å². The Labute approximate surface area is 126 Å². The predicted molar refractivity (Wildman–Crippen MR) is 87.6 cm³/mol. The molecule has 1 N–H and O–H groups in total. The minimum atomic E-state index is 0.896. The number of thiazole rings is 1. The number of hydrogen-bond acceptors (Lipinski definition) is 5. The van der Waals surface area contributed by atoms with Crippen molar-refractivity contribution < 1.29 is 0 Å². The topological polar surface area (TPSA) is 37.8 Å². The maximum Gasteiger partial charge on any atom is 0.151 e. The molecule has 0 aliphatic rings. The smallest absolute Gasteiger partial charge is 0.151 e. The highest BCUT2D eigenvalue weighted by molar-refractivity contribution is 8.00. The van der Waals surface area contributed by atoms with E-state index in [1.807, 2.05) is 18.3 Å². The summed E-state index contributed by atoms with van der Waals surface area (Å²) in [4.78, 5) is 9.01. The van der Waals surface area contributed by atoms with E-state index in [1.165, 1.54) is 10.3 Å². The normalized spacial score (nSPS) is 10.8. The fourth-order valence-electron chi connectivity index (χ4n) is 1.85. The molecule has 2 aromatic heterocycles. The molecule has 0 amide bonds. The Balaban J connectivity index is 1.66. The summed E-state index contributed by atoms with van der Waals surface area (Å²) < 4.78 is 2.36. The maximum absolute atomic E-state index is 4.62. The number of rotatable bonds is 5. The van der Waals surface area contributed by atoms with Gasteiger partial charge in [-0.25, -0.2) is 9.97 Å². The van der Waals surface area contributed by atoms with Gasteiger partial charge < -0.3 is 5.32 Å². The molecule has 0 fully saturated rings. The highest BCUT2D eigenvalue weighted by atomic mass is 32.2. The summed E-state index contributed by atoms with van der Waals surface area (Å²) in [5, 5.41) is 3.20. The van der Waals surface area contributed by atoms with Crippen LogP contribution in [0.3, 0.4) is 0 Å². The molecule has 5 heteroatoms. The van der Waals surface area contributed by atoms with E-state index >= 15 is 0 Å². The van der Waals surface area contributed by atoms with Crippen molar-refractivity contribution in [2.24, 2.45) is 0 Å². The average molecular weight is 301 g/mol. The highest BCUT2D eigenvalue weighted by Crippen LogP contribution is 2.31. The molecule has 0 aliphatic heterocycles. The Morgan fingerprint density at radius 1 is 1.20 bits per heavy atom. The van der Waals surface area contributed by atoms with Gasteiger partial charge in [-0.3, -0.25) is 0 Å². The molecule has 0 spiro atoms. The number of anilines is 1. The zero-order valence-electron chi connectivity index (χ0n) is 11.2. The lowest BCUT2D eigenvalue weighted by atomic mass is 10.3. The predicted octanol–water partition coefficient (Wildman–Crippen LogP) is 4.42. The Hall–Kier alpha value is -1.59. The zero-order valence-corrected chi connectivity index (χ0v) is 12.8. The van der Waals surface area contributed by atoms with E-state index in [-0.39, 0.29) is 0 Å². The molecule has 0 saturated carbocycles. The van der Waals surface area contributed by atoms with Gasteiger partial charge in [-0.05, 0) is 30.7 Å². The van der Waals surface area contributed by atoms with Crippen LogP contribution in [0.4, 0.5) is 5.82 Å². The van der Waals surface area contributed by atoms with E-state index in [9.17, 15) is 0 Å². The van der Waals surface area contributed by atoms with Crippen LogP contribution in [0.5, 0.6) is 0 Å². The number of hydrogen-bond donors (Lipinski definition) is 1. The summed E-state index contributed by atoms with van der Waals surface area (Å²) in [6.07, 6.45) is 1.93. The van der Waals surface area contributed by atoms with Crippen molar-refractivity contribution in [1.29, 1.82) is 0 Å². The Morgan fingerprint density at radius 2 is 2.10 bits per heavy atom. The van der Waals surface area contributed by atoms with Gasteiger partial charge in [-0.2, -0.15) is 0 Å². The van der Waals surface area contributed by atoms with Crippen LogP contribution in [0, 0.1) is 0 Å². The van der Waals surface area contributed by atoms with Crippen LogP contribution in [0.25, 0.3) is 10.2 Å². The number of benzene rings is 1. The zero-order chi connectivity index (χ0) is 13.8. The largest absolute Gasteiger partial charge is 0.370 e. The summed E-state index contributed by atoms with van der Waals surface area (Å²) in [5.41, 5.74) is 2.30. The first-order valence-corrected chi connectivity index (χ1v) is 8.32. The standard InChI is InChI=1S/C15H15N3S2/c1-2-16-14-8-7-11(9-17-14)10-19-15-18-12-5-3-4-6-13(12)20-15/h3-9H,2,10H2,1H3,(H,16,17). The first-order valence-electron chi connectivity index (χ1n) is 6.52. The number of aromatic nitrogens is 2. The third-order valence-electron chi connectivity index (χ3n) is 2.82. The SMILES string of the molecule is CCNc1ccc(CSc2nc3ccccc3s2)cn1. The van der Waals surface area contributed by atoms with Crippen molar-refractivity contribution >= 4 is 39.1 Å². The number of nitrogens with zero attached hydrogens (tertiary/aromatic N) is 2. The summed E-state index contributed by atoms with van der Waals surface area (Å²) in [6.45, 7) is 2.96. The van der Waals surface area contributed by atoms with Crippen LogP contribution in [0.15, 0.2) is 46.9 Å². The third-order valence-corrected chi connectivity index (χ3v) is 5.07. The fraction of sp³-hybridized carbons (Fsp3) is 0.200. The van der Waals surface area contributed by atoms with Crippen molar-refractivity contribution in [2.45, 2.75) is 17.0 Å². The third kappa shape index (κ3) is 3.11. The lowest BCUT2D eigenvalue weighted by molar-refractivity contribution is 1.14. The Bertz CT molecular complexity index is 659. The van der Waals surface area contributed by atoms with Crippen molar-refractivity contribution in [2.75, 3.05) is 11.9 Å². The van der Waals surface area contributed by atoms with E-state index in [1.54, 1.807) is 23.1 Å². The van der Waals surface area contributed by atoms with Gasteiger partial charge in [0.2, 0.25) is 0 Å². The fourth-order valence-corrected chi connectivity index (χ4v) is 3.86. The molecule has 3 aromatic rings. The molecule has 20 heavy (non-hydrogen) atoms. The van der Waals surface area contributed by atoms with Crippen LogP contribution >= 0.6 is 23.1 Å². The summed E-state index contributed by atoms with van der Waals surface area (Å²) in [5.74, 6) is 1.83. The summed E-state index contributed by atoms with van der Waals surface area (Å²) >= 11 is 3.51. The van der Waals surface area contributed by atoms with Crippen molar-refractivity contribution in [1.82, 2.24) is 9.97 Å². The molecule has 1 aromatic carbocycles. The van der Waals surface area contributed by atoms with Gasteiger partial charge in [-0.15, -0.1) is 11.3 Å². The lowest BCUT2D eigenvalue weighted by Gasteiger charge is -2.03. The molecule has 0 unspecified atom stereocenters. The molecule has 0 bridgehead atoms. The molecule has 3 rings (SSSR count). The monoisotopic (exact) mass is 301 g/mol.